The molecule has 0 aromatic rings. The van der Waals surface area contributed by atoms with Crippen LogP contribution in [0.3, 0.4) is 0 Å². The molecular weight excluding hydrogens is 304 g/mol. The highest BCUT2D eigenvalue weighted by molar-refractivity contribution is 5.69. The summed E-state index contributed by atoms with van der Waals surface area (Å²) >= 11 is 0. The van der Waals surface area contributed by atoms with Crippen LogP contribution in [-0.2, 0) is 9.53 Å². The maximum atomic E-state index is 11.3. The monoisotopic (exact) mass is 340 g/mol. The number of aliphatic hydroxyl groups is 2. The van der Waals surface area contributed by atoms with Crippen LogP contribution in [0.4, 0.5) is 0 Å². The van der Waals surface area contributed by atoms with Gasteiger partial charge in [-0.25, -0.2) is 0 Å². The lowest BCUT2D eigenvalue weighted by atomic mass is 9.86. The first-order chi connectivity index (χ1) is 11.5. The highest BCUT2D eigenvalue weighted by Gasteiger charge is 2.33. The molecule has 0 amide bonds. The molecule has 2 unspecified atom stereocenters. The highest BCUT2D eigenvalue weighted by atomic mass is 16.5. The topological polar surface area (TPSA) is 66.8 Å². The number of allylic oxidation sites excluding steroid dienone is 1. The van der Waals surface area contributed by atoms with Gasteiger partial charge in [-0.05, 0) is 49.9 Å². The SMILES string of the molecule is CCCCCC(O)/C=C/[C@H]1CC[C@H](O)[C@H]1CCC(C)CC(=O)OC. The van der Waals surface area contributed by atoms with E-state index in [0.717, 1.165) is 51.4 Å². The first kappa shape index (κ1) is 21.2. The summed E-state index contributed by atoms with van der Waals surface area (Å²) in [5.74, 6) is 0.686. The second-order valence-electron chi connectivity index (χ2n) is 7.38. The minimum Gasteiger partial charge on any atom is -0.469 e. The number of hydrogen-bond acceptors (Lipinski definition) is 4. The van der Waals surface area contributed by atoms with Crippen molar-refractivity contribution in [3.8, 4) is 0 Å². The number of aliphatic hydroxyl groups excluding tert-OH is 2. The maximum Gasteiger partial charge on any atom is 0.305 e. The first-order valence-electron chi connectivity index (χ1n) is 9.59. The zero-order chi connectivity index (χ0) is 17.9. The van der Waals surface area contributed by atoms with Crippen molar-refractivity contribution in [2.24, 2.45) is 17.8 Å². The number of methoxy groups -OCH3 is 1. The lowest BCUT2D eigenvalue weighted by Crippen LogP contribution is -2.20. The van der Waals surface area contributed by atoms with Crippen molar-refractivity contribution in [3.05, 3.63) is 12.2 Å². The number of unbranched alkanes of at least 4 members (excludes halogenated alkanes) is 2. The van der Waals surface area contributed by atoms with E-state index in [1.54, 1.807) is 0 Å². The van der Waals surface area contributed by atoms with Crippen molar-refractivity contribution < 1.29 is 19.7 Å². The van der Waals surface area contributed by atoms with Crippen LogP contribution in [-0.4, -0.2) is 35.5 Å². The second kappa shape index (κ2) is 11.6. The van der Waals surface area contributed by atoms with Crippen LogP contribution in [0.1, 0.15) is 71.6 Å². The summed E-state index contributed by atoms with van der Waals surface area (Å²) in [7, 11) is 1.42. The molecule has 1 saturated carbocycles. The van der Waals surface area contributed by atoms with Crippen LogP contribution >= 0.6 is 0 Å². The molecule has 2 N–H and O–H groups in total. The van der Waals surface area contributed by atoms with Gasteiger partial charge in [0.25, 0.3) is 0 Å². The fourth-order valence-electron chi connectivity index (χ4n) is 3.64. The third-order valence-electron chi connectivity index (χ3n) is 5.26. The molecule has 5 atom stereocenters. The predicted molar refractivity (Wildman–Crippen MR) is 96.5 cm³/mol. The Morgan fingerprint density at radius 2 is 2.04 bits per heavy atom. The predicted octanol–water partition coefficient (Wildman–Crippen LogP) is 3.85. The Kier molecular flexibility index (Phi) is 10.3. The van der Waals surface area contributed by atoms with Gasteiger partial charge in [-0.2, -0.15) is 0 Å². The molecule has 0 spiro atoms. The van der Waals surface area contributed by atoms with Crippen LogP contribution in [0.5, 0.6) is 0 Å². The Hall–Kier alpha value is -0.870. The lowest BCUT2D eigenvalue weighted by Gasteiger charge is -2.21. The first-order valence-corrected chi connectivity index (χ1v) is 9.59. The number of carbonyl (C=O) groups excluding carboxylic acids is 1. The normalized spacial score (nSPS) is 26.6. The second-order valence-corrected chi connectivity index (χ2v) is 7.38. The molecule has 1 aliphatic rings. The fraction of sp³-hybridized carbons (Fsp3) is 0.850. The van der Waals surface area contributed by atoms with E-state index in [4.69, 9.17) is 4.74 Å². The smallest absolute Gasteiger partial charge is 0.305 e. The van der Waals surface area contributed by atoms with Crippen LogP contribution in [0, 0.1) is 17.8 Å². The van der Waals surface area contributed by atoms with E-state index in [1.165, 1.54) is 7.11 Å². The third kappa shape index (κ3) is 7.80. The summed E-state index contributed by atoms with van der Waals surface area (Å²) in [4.78, 5) is 11.3. The van der Waals surface area contributed by atoms with Crippen LogP contribution in [0.2, 0.25) is 0 Å². The van der Waals surface area contributed by atoms with Gasteiger partial charge < -0.3 is 14.9 Å². The van der Waals surface area contributed by atoms with Crippen molar-refractivity contribution in [2.45, 2.75) is 83.8 Å². The van der Waals surface area contributed by atoms with Crippen molar-refractivity contribution in [1.29, 1.82) is 0 Å². The van der Waals surface area contributed by atoms with Gasteiger partial charge in [0.1, 0.15) is 0 Å². The highest BCUT2D eigenvalue weighted by Crippen LogP contribution is 2.37. The van der Waals surface area contributed by atoms with Crippen LogP contribution in [0.15, 0.2) is 12.2 Å². The molecular formula is C20H36O4. The van der Waals surface area contributed by atoms with E-state index in [1.807, 2.05) is 6.08 Å². The van der Waals surface area contributed by atoms with E-state index in [9.17, 15) is 15.0 Å². The van der Waals surface area contributed by atoms with E-state index in [-0.39, 0.29) is 30.0 Å². The summed E-state index contributed by atoms with van der Waals surface area (Å²) in [5, 5.41) is 20.3. The van der Waals surface area contributed by atoms with Gasteiger partial charge in [-0.3, -0.25) is 4.79 Å². The van der Waals surface area contributed by atoms with Gasteiger partial charge >= 0.3 is 5.97 Å². The summed E-state index contributed by atoms with van der Waals surface area (Å²) in [5.41, 5.74) is 0. The molecule has 0 radical (unpaired) electrons. The minimum atomic E-state index is -0.367. The number of carbonyl (C=O) groups is 1. The van der Waals surface area contributed by atoms with E-state index < -0.39 is 0 Å². The average molecular weight is 341 g/mol. The van der Waals surface area contributed by atoms with Crippen molar-refractivity contribution in [2.75, 3.05) is 7.11 Å². The zero-order valence-corrected chi connectivity index (χ0v) is 15.6. The Morgan fingerprint density at radius 3 is 2.71 bits per heavy atom. The average Bonchev–Trinajstić information content (AvgIpc) is 2.91. The summed E-state index contributed by atoms with van der Waals surface area (Å²) < 4.78 is 4.71. The third-order valence-corrected chi connectivity index (χ3v) is 5.26. The van der Waals surface area contributed by atoms with Gasteiger partial charge in [0.2, 0.25) is 0 Å². The molecule has 1 aliphatic carbocycles. The van der Waals surface area contributed by atoms with Crippen LogP contribution < -0.4 is 0 Å². The molecule has 4 heteroatoms. The zero-order valence-electron chi connectivity index (χ0n) is 15.6. The lowest BCUT2D eigenvalue weighted by molar-refractivity contribution is -0.141. The van der Waals surface area contributed by atoms with Crippen molar-refractivity contribution in [3.63, 3.8) is 0 Å². The number of esters is 1. The quantitative estimate of drug-likeness (QED) is 0.340. The van der Waals surface area contributed by atoms with Crippen molar-refractivity contribution in [1.82, 2.24) is 0 Å². The van der Waals surface area contributed by atoms with Crippen molar-refractivity contribution >= 4 is 5.97 Å². The Balaban J connectivity index is 2.42. The van der Waals surface area contributed by atoms with Gasteiger partial charge in [0.05, 0.1) is 19.3 Å². The van der Waals surface area contributed by atoms with E-state index >= 15 is 0 Å². The summed E-state index contributed by atoms with van der Waals surface area (Å²) in [6.45, 7) is 4.22. The maximum absolute atomic E-state index is 11.3. The van der Waals surface area contributed by atoms with Gasteiger partial charge in [0, 0.05) is 6.42 Å². The summed E-state index contributed by atoms with van der Waals surface area (Å²) in [6.07, 6.45) is 11.7. The van der Waals surface area contributed by atoms with E-state index in [2.05, 4.69) is 19.9 Å². The van der Waals surface area contributed by atoms with Gasteiger partial charge in [-0.1, -0.05) is 45.3 Å². The number of ether oxygens (including phenoxy) is 1. The molecule has 1 rings (SSSR count). The molecule has 1 fully saturated rings. The van der Waals surface area contributed by atoms with Gasteiger partial charge in [0.15, 0.2) is 0 Å². The molecule has 0 bridgehead atoms. The number of hydrogen-bond donors (Lipinski definition) is 2. The number of rotatable bonds is 11. The van der Waals surface area contributed by atoms with Crippen LogP contribution in [0.25, 0.3) is 0 Å². The molecule has 0 aliphatic heterocycles. The molecule has 0 saturated heterocycles. The molecule has 4 nitrogen and oxygen atoms in total. The molecule has 0 aromatic carbocycles. The molecule has 0 heterocycles. The largest absolute Gasteiger partial charge is 0.469 e. The van der Waals surface area contributed by atoms with E-state index in [0.29, 0.717) is 12.3 Å². The fourth-order valence-corrected chi connectivity index (χ4v) is 3.64. The molecule has 24 heavy (non-hydrogen) atoms. The Labute approximate surface area is 147 Å². The molecule has 140 valence electrons. The minimum absolute atomic E-state index is 0.166. The Morgan fingerprint density at radius 1 is 1.29 bits per heavy atom. The molecule has 0 aromatic heterocycles. The summed E-state index contributed by atoms with van der Waals surface area (Å²) in [6, 6.07) is 0. The standard InChI is InChI=1S/C20H36O4/c1-4-5-6-7-17(21)11-9-16-10-13-19(22)18(16)12-8-15(2)14-20(23)24-3/h9,11,15-19,21-22H,4-8,10,12-14H2,1-3H3/b11-9+/t15?,16-,17?,18-,19-/m0/s1. The Bertz CT molecular complexity index is 380. The van der Waals surface area contributed by atoms with Gasteiger partial charge in [-0.15, -0.1) is 0 Å².